The highest BCUT2D eigenvalue weighted by Gasteiger charge is 2.06. The number of pyridine rings is 1. The highest BCUT2D eigenvalue weighted by Crippen LogP contribution is 2.20. The quantitative estimate of drug-likeness (QED) is 0.539. The molecular weight excluding hydrogens is 320 g/mol. The van der Waals surface area contributed by atoms with Crippen molar-refractivity contribution in [1.29, 1.82) is 0 Å². The number of aryl methyl sites for hydroxylation is 1. The van der Waals surface area contributed by atoms with Gasteiger partial charge in [-0.1, -0.05) is 6.07 Å². The van der Waals surface area contributed by atoms with Gasteiger partial charge in [-0.15, -0.1) is 0 Å². The van der Waals surface area contributed by atoms with E-state index in [1.165, 1.54) is 16.5 Å². The van der Waals surface area contributed by atoms with Crippen molar-refractivity contribution in [2.24, 2.45) is 0 Å². The van der Waals surface area contributed by atoms with E-state index in [0.717, 1.165) is 10.9 Å². The van der Waals surface area contributed by atoms with Crippen LogP contribution in [0.1, 0.15) is 11.3 Å². The standard InChI is InChI=1S/C19H14N2O4/c1-12-3-2-8-21-17(22)9-14(20-19(12)21)11-24-15-6-4-13-5-7-18(23)25-16(13)10-15/h2-10H,11H2,1H3. The van der Waals surface area contributed by atoms with Gasteiger partial charge in [0.05, 0.1) is 5.69 Å². The molecule has 6 heteroatoms. The van der Waals surface area contributed by atoms with Crippen LogP contribution in [-0.4, -0.2) is 9.38 Å². The highest BCUT2D eigenvalue weighted by atomic mass is 16.5. The largest absolute Gasteiger partial charge is 0.487 e. The molecule has 0 radical (unpaired) electrons. The van der Waals surface area contributed by atoms with Crippen LogP contribution in [0.4, 0.5) is 0 Å². The van der Waals surface area contributed by atoms with E-state index in [9.17, 15) is 9.59 Å². The highest BCUT2D eigenvalue weighted by molar-refractivity contribution is 5.77. The average Bonchev–Trinajstić information content (AvgIpc) is 2.60. The molecule has 0 aliphatic heterocycles. The molecule has 1 aromatic carbocycles. The predicted octanol–water partition coefficient (Wildman–Crippen LogP) is 2.69. The Morgan fingerprint density at radius 3 is 2.84 bits per heavy atom. The Balaban J connectivity index is 1.65. The van der Waals surface area contributed by atoms with Crippen molar-refractivity contribution in [2.75, 3.05) is 0 Å². The van der Waals surface area contributed by atoms with Gasteiger partial charge in [-0.3, -0.25) is 9.20 Å². The van der Waals surface area contributed by atoms with Crippen LogP contribution in [0.15, 0.2) is 68.7 Å². The number of benzene rings is 1. The Morgan fingerprint density at radius 2 is 1.96 bits per heavy atom. The van der Waals surface area contributed by atoms with E-state index in [1.54, 1.807) is 30.5 Å². The summed E-state index contributed by atoms with van der Waals surface area (Å²) in [7, 11) is 0. The van der Waals surface area contributed by atoms with E-state index in [4.69, 9.17) is 9.15 Å². The first-order chi connectivity index (χ1) is 12.1. The van der Waals surface area contributed by atoms with Gasteiger partial charge in [-0.05, 0) is 36.8 Å². The van der Waals surface area contributed by atoms with Gasteiger partial charge in [-0.25, -0.2) is 9.78 Å². The van der Waals surface area contributed by atoms with Crippen LogP contribution in [0, 0.1) is 6.92 Å². The maximum absolute atomic E-state index is 12.2. The van der Waals surface area contributed by atoms with Crippen molar-refractivity contribution in [3.63, 3.8) is 0 Å². The van der Waals surface area contributed by atoms with E-state index < -0.39 is 5.63 Å². The second-order valence-corrected chi connectivity index (χ2v) is 5.71. The molecule has 0 bridgehead atoms. The number of ether oxygens (including phenoxy) is 1. The molecular formula is C19H14N2O4. The Morgan fingerprint density at radius 1 is 1.12 bits per heavy atom. The number of rotatable bonds is 3. The maximum Gasteiger partial charge on any atom is 0.336 e. The molecule has 0 fully saturated rings. The van der Waals surface area contributed by atoms with Gasteiger partial charge in [-0.2, -0.15) is 0 Å². The summed E-state index contributed by atoms with van der Waals surface area (Å²) >= 11 is 0. The van der Waals surface area contributed by atoms with Crippen molar-refractivity contribution < 1.29 is 9.15 Å². The van der Waals surface area contributed by atoms with E-state index in [1.807, 2.05) is 19.1 Å². The molecule has 4 rings (SSSR count). The Hall–Kier alpha value is -3.41. The van der Waals surface area contributed by atoms with Gasteiger partial charge in [0.1, 0.15) is 23.6 Å². The molecule has 124 valence electrons. The first-order valence-electron chi connectivity index (χ1n) is 7.75. The third-order valence-corrected chi connectivity index (χ3v) is 3.92. The lowest BCUT2D eigenvalue weighted by molar-refractivity contribution is 0.301. The number of hydrogen-bond donors (Lipinski definition) is 0. The van der Waals surface area contributed by atoms with Crippen LogP contribution in [0.2, 0.25) is 0 Å². The molecule has 0 amide bonds. The fraction of sp³-hybridized carbons (Fsp3) is 0.105. The van der Waals surface area contributed by atoms with Gasteiger partial charge >= 0.3 is 5.63 Å². The van der Waals surface area contributed by atoms with E-state index >= 15 is 0 Å². The zero-order valence-corrected chi connectivity index (χ0v) is 13.4. The molecule has 0 atom stereocenters. The monoisotopic (exact) mass is 334 g/mol. The van der Waals surface area contributed by atoms with Crippen LogP contribution >= 0.6 is 0 Å². The van der Waals surface area contributed by atoms with Crippen LogP contribution < -0.4 is 15.9 Å². The minimum atomic E-state index is -0.413. The lowest BCUT2D eigenvalue weighted by Crippen LogP contribution is -2.17. The van der Waals surface area contributed by atoms with Gasteiger partial charge in [0.25, 0.3) is 5.56 Å². The van der Waals surface area contributed by atoms with E-state index in [-0.39, 0.29) is 12.2 Å². The minimum absolute atomic E-state index is 0.142. The zero-order chi connectivity index (χ0) is 17.4. The molecule has 0 spiro atoms. The number of aromatic nitrogens is 2. The van der Waals surface area contributed by atoms with Crippen molar-refractivity contribution in [2.45, 2.75) is 13.5 Å². The molecule has 0 N–H and O–H groups in total. The molecule has 0 aliphatic rings. The molecule has 0 aliphatic carbocycles. The summed E-state index contributed by atoms with van der Waals surface area (Å²) in [5.41, 5.74) is 1.94. The average molecular weight is 334 g/mol. The number of nitrogens with zero attached hydrogens (tertiary/aromatic N) is 2. The second-order valence-electron chi connectivity index (χ2n) is 5.71. The summed E-state index contributed by atoms with van der Waals surface area (Å²) in [6.07, 6.45) is 1.69. The zero-order valence-electron chi connectivity index (χ0n) is 13.4. The fourth-order valence-corrected chi connectivity index (χ4v) is 2.67. The second kappa shape index (κ2) is 5.90. The van der Waals surface area contributed by atoms with Crippen molar-refractivity contribution in [1.82, 2.24) is 9.38 Å². The molecule has 0 unspecified atom stereocenters. The minimum Gasteiger partial charge on any atom is -0.487 e. The Labute approximate surface area is 141 Å². The summed E-state index contributed by atoms with van der Waals surface area (Å²) < 4.78 is 12.4. The molecule has 6 nitrogen and oxygen atoms in total. The van der Waals surface area contributed by atoms with Crippen molar-refractivity contribution in [3.05, 3.63) is 86.8 Å². The molecule has 0 saturated carbocycles. The predicted molar refractivity (Wildman–Crippen MR) is 93.0 cm³/mol. The summed E-state index contributed by atoms with van der Waals surface area (Å²) in [6.45, 7) is 2.04. The lowest BCUT2D eigenvalue weighted by atomic mass is 10.2. The van der Waals surface area contributed by atoms with Crippen molar-refractivity contribution >= 4 is 16.6 Å². The molecule has 25 heavy (non-hydrogen) atoms. The third kappa shape index (κ3) is 2.89. The first-order valence-corrected chi connectivity index (χ1v) is 7.75. The Kier molecular flexibility index (Phi) is 3.57. The maximum atomic E-state index is 12.2. The van der Waals surface area contributed by atoms with E-state index in [2.05, 4.69) is 4.98 Å². The fourth-order valence-electron chi connectivity index (χ4n) is 2.67. The van der Waals surface area contributed by atoms with Crippen LogP contribution in [0.25, 0.3) is 16.6 Å². The molecule has 0 saturated heterocycles. The summed E-state index contributed by atoms with van der Waals surface area (Å²) in [6, 6.07) is 13.5. The molecule has 3 heterocycles. The smallest absolute Gasteiger partial charge is 0.336 e. The van der Waals surface area contributed by atoms with Crippen LogP contribution in [-0.2, 0) is 6.61 Å². The number of hydrogen-bond acceptors (Lipinski definition) is 5. The first kappa shape index (κ1) is 15.1. The van der Waals surface area contributed by atoms with E-state index in [0.29, 0.717) is 22.7 Å². The van der Waals surface area contributed by atoms with Gasteiger partial charge in [0.2, 0.25) is 0 Å². The topological polar surface area (TPSA) is 73.8 Å². The number of fused-ring (bicyclic) bond motifs is 2. The van der Waals surface area contributed by atoms with Crippen LogP contribution in [0.3, 0.4) is 0 Å². The Bertz CT molecular complexity index is 1210. The van der Waals surface area contributed by atoms with Gasteiger partial charge < -0.3 is 9.15 Å². The summed E-state index contributed by atoms with van der Waals surface area (Å²) in [5, 5.41) is 0.810. The third-order valence-electron chi connectivity index (χ3n) is 3.92. The van der Waals surface area contributed by atoms with Crippen molar-refractivity contribution in [3.8, 4) is 5.75 Å². The summed E-state index contributed by atoms with van der Waals surface area (Å²) in [4.78, 5) is 28.0. The van der Waals surface area contributed by atoms with Crippen LogP contribution in [0.5, 0.6) is 5.75 Å². The van der Waals surface area contributed by atoms with Gasteiger partial charge in [0, 0.05) is 29.8 Å². The molecule has 4 aromatic rings. The summed E-state index contributed by atoms with van der Waals surface area (Å²) in [5.74, 6) is 0.536. The van der Waals surface area contributed by atoms with Gasteiger partial charge in [0.15, 0.2) is 0 Å². The molecule has 3 aromatic heterocycles. The normalized spacial score (nSPS) is 11.1. The SMILES string of the molecule is Cc1cccn2c(=O)cc(COc3ccc4ccc(=O)oc4c3)nc12. The lowest BCUT2D eigenvalue weighted by Gasteiger charge is -2.08.